The third-order valence-corrected chi connectivity index (χ3v) is 9.29. The number of carbonyl (C=O) groups excluding carboxylic acids is 1. The number of carbonyl (C=O) groups is 1. The number of hydrogen-bond donors (Lipinski definition) is 0. The molecule has 0 atom stereocenters. The van der Waals surface area contributed by atoms with Crippen LogP contribution in [0, 0.1) is 0 Å². The second-order valence-corrected chi connectivity index (χ2v) is 12.0. The van der Waals surface area contributed by atoms with Crippen molar-refractivity contribution in [2.45, 2.75) is 74.2 Å². The summed E-state index contributed by atoms with van der Waals surface area (Å²) in [5, 5.41) is 0.860. The van der Waals surface area contributed by atoms with Crippen molar-refractivity contribution in [1.82, 2.24) is 13.9 Å². The summed E-state index contributed by atoms with van der Waals surface area (Å²) in [6, 6.07) is 13.2. The molecule has 1 aliphatic rings. The van der Waals surface area contributed by atoms with Crippen LogP contribution < -0.4 is 4.74 Å². The van der Waals surface area contributed by atoms with Crippen LogP contribution in [0.15, 0.2) is 52.5 Å². The molecule has 9 heteroatoms. The number of para-hydroxylation sites is 1. The average molecular weight is 516 g/mol. The first-order chi connectivity index (χ1) is 16.8. The molecule has 0 amide bonds. The van der Waals surface area contributed by atoms with Gasteiger partial charge < -0.3 is 9.30 Å². The van der Waals surface area contributed by atoms with Gasteiger partial charge in [0.1, 0.15) is 5.75 Å². The first kappa shape index (κ1) is 25.7. The van der Waals surface area contributed by atoms with E-state index in [4.69, 9.17) is 9.72 Å². The van der Waals surface area contributed by atoms with E-state index in [2.05, 4.69) is 4.57 Å². The third-order valence-electron chi connectivity index (χ3n) is 6.44. The molecule has 0 N–H and O–H groups in total. The fraction of sp³-hybridized carbons (Fsp3) is 0.462. The molecule has 0 radical (unpaired) electrons. The molecule has 7 nitrogen and oxygen atoms in total. The maximum atomic E-state index is 13.1. The average Bonchev–Trinajstić information content (AvgIpc) is 3.48. The van der Waals surface area contributed by atoms with E-state index in [0.29, 0.717) is 29.6 Å². The molecular weight excluding hydrogens is 482 g/mol. The van der Waals surface area contributed by atoms with Crippen molar-refractivity contribution >= 4 is 38.8 Å². The minimum absolute atomic E-state index is 0.274. The van der Waals surface area contributed by atoms with Crippen molar-refractivity contribution < 1.29 is 17.9 Å². The first-order valence-corrected chi connectivity index (χ1v) is 14.6. The van der Waals surface area contributed by atoms with Gasteiger partial charge in [0.15, 0.2) is 5.16 Å². The standard InChI is InChI=1S/C26H33N3O4S2/c1-4-5-16-28(3)35(31,32)22-14-15-24-23(17-22)27-26(29(24)21-11-7-8-12-21)34-18-20-10-6-9-13-25(20)33-19(2)30/h6,9-10,13-15,17,21H,4-5,7-8,11-12,16,18H2,1-3H3. The summed E-state index contributed by atoms with van der Waals surface area (Å²) in [6.45, 7) is 3.94. The predicted molar refractivity (Wildman–Crippen MR) is 139 cm³/mol. The van der Waals surface area contributed by atoms with E-state index < -0.39 is 10.0 Å². The summed E-state index contributed by atoms with van der Waals surface area (Å²) >= 11 is 1.59. The summed E-state index contributed by atoms with van der Waals surface area (Å²) in [5.41, 5.74) is 2.57. The number of thioether (sulfide) groups is 1. The molecule has 0 unspecified atom stereocenters. The summed E-state index contributed by atoms with van der Waals surface area (Å²) in [4.78, 5) is 16.7. The van der Waals surface area contributed by atoms with E-state index >= 15 is 0 Å². The lowest BCUT2D eigenvalue weighted by atomic mass is 10.2. The fourth-order valence-electron chi connectivity index (χ4n) is 4.53. The Morgan fingerprint density at radius 1 is 1.20 bits per heavy atom. The number of fused-ring (bicyclic) bond motifs is 1. The number of benzene rings is 2. The van der Waals surface area contributed by atoms with Gasteiger partial charge in [-0.1, -0.05) is 56.1 Å². The van der Waals surface area contributed by atoms with E-state index in [0.717, 1.165) is 41.9 Å². The van der Waals surface area contributed by atoms with Crippen molar-refractivity contribution in [1.29, 1.82) is 0 Å². The molecule has 1 aliphatic carbocycles. The van der Waals surface area contributed by atoms with Gasteiger partial charge in [-0.05, 0) is 43.5 Å². The van der Waals surface area contributed by atoms with Crippen LogP contribution in [0.2, 0.25) is 0 Å². The maximum absolute atomic E-state index is 13.1. The van der Waals surface area contributed by atoms with Crippen molar-refractivity contribution in [3.05, 3.63) is 48.0 Å². The molecule has 0 bridgehead atoms. The zero-order valence-electron chi connectivity index (χ0n) is 20.6. The predicted octanol–water partition coefficient (Wildman–Crippen LogP) is 5.79. The Labute approximate surface area is 211 Å². The zero-order chi connectivity index (χ0) is 25.0. The van der Waals surface area contributed by atoms with Gasteiger partial charge in [-0.25, -0.2) is 17.7 Å². The highest BCUT2D eigenvalue weighted by Crippen LogP contribution is 2.38. The van der Waals surface area contributed by atoms with Gasteiger partial charge in [0, 0.05) is 37.9 Å². The Bertz CT molecular complexity index is 1300. The Hall–Kier alpha value is -2.36. The number of nitrogens with zero attached hydrogens (tertiary/aromatic N) is 3. The lowest BCUT2D eigenvalue weighted by Gasteiger charge is -2.18. The van der Waals surface area contributed by atoms with Crippen molar-refractivity contribution in [3.8, 4) is 5.75 Å². The number of aromatic nitrogens is 2. The van der Waals surface area contributed by atoms with Crippen molar-refractivity contribution in [2.24, 2.45) is 0 Å². The molecule has 1 aromatic heterocycles. The Kier molecular flexibility index (Phi) is 8.19. The molecule has 188 valence electrons. The molecule has 2 aromatic carbocycles. The zero-order valence-corrected chi connectivity index (χ0v) is 22.2. The van der Waals surface area contributed by atoms with Crippen LogP contribution >= 0.6 is 11.8 Å². The van der Waals surface area contributed by atoms with E-state index in [9.17, 15) is 13.2 Å². The molecule has 0 aliphatic heterocycles. The number of rotatable bonds is 10. The highest BCUT2D eigenvalue weighted by Gasteiger charge is 2.26. The second-order valence-electron chi connectivity index (χ2n) is 9.02. The maximum Gasteiger partial charge on any atom is 0.308 e. The topological polar surface area (TPSA) is 81.5 Å². The largest absolute Gasteiger partial charge is 0.426 e. The summed E-state index contributed by atoms with van der Waals surface area (Å²) in [7, 11) is -1.94. The number of sulfonamides is 1. The number of hydrogen-bond acceptors (Lipinski definition) is 6. The normalized spacial score (nSPS) is 14.7. The monoisotopic (exact) mass is 515 g/mol. The van der Waals surface area contributed by atoms with Gasteiger partial charge in [0.2, 0.25) is 10.0 Å². The summed E-state index contributed by atoms with van der Waals surface area (Å²) < 4.78 is 35.3. The molecule has 0 saturated heterocycles. The number of unbranched alkanes of at least 4 members (excludes halogenated alkanes) is 1. The van der Waals surface area contributed by atoms with Crippen LogP contribution in [-0.4, -0.2) is 41.8 Å². The summed E-state index contributed by atoms with van der Waals surface area (Å²) in [6.07, 6.45) is 6.29. The highest BCUT2D eigenvalue weighted by atomic mass is 32.2. The molecule has 4 rings (SSSR count). The van der Waals surface area contributed by atoms with Crippen LogP contribution in [0.3, 0.4) is 0 Å². The van der Waals surface area contributed by atoms with E-state index in [1.165, 1.54) is 24.1 Å². The van der Waals surface area contributed by atoms with Crippen LogP contribution in [0.25, 0.3) is 11.0 Å². The molecule has 1 heterocycles. The minimum Gasteiger partial charge on any atom is -0.426 e. The molecule has 35 heavy (non-hydrogen) atoms. The van der Waals surface area contributed by atoms with E-state index in [-0.39, 0.29) is 10.9 Å². The van der Waals surface area contributed by atoms with Gasteiger partial charge >= 0.3 is 5.97 Å². The molecule has 3 aromatic rings. The van der Waals surface area contributed by atoms with E-state index in [1.54, 1.807) is 37.0 Å². The smallest absolute Gasteiger partial charge is 0.308 e. The molecule has 1 fully saturated rings. The second kappa shape index (κ2) is 11.1. The number of ether oxygens (including phenoxy) is 1. The molecular formula is C26H33N3O4S2. The fourth-order valence-corrected chi connectivity index (χ4v) is 6.84. The van der Waals surface area contributed by atoms with Gasteiger partial charge in [-0.3, -0.25) is 4.79 Å². The van der Waals surface area contributed by atoms with Gasteiger partial charge in [-0.2, -0.15) is 0 Å². The number of imidazole rings is 1. The van der Waals surface area contributed by atoms with E-state index in [1.807, 2.05) is 31.2 Å². The Morgan fingerprint density at radius 3 is 2.66 bits per heavy atom. The first-order valence-electron chi connectivity index (χ1n) is 12.2. The quantitative estimate of drug-likeness (QED) is 0.193. The van der Waals surface area contributed by atoms with Crippen molar-refractivity contribution in [3.63, 3.8) is 0 Å². The SMILES string of the molecule is CCCCN(C)S(=O)(=O)c1ccc2c(c1)nc(SCc1ccccc1OC(C)=O)n2C1CCCC1. The third kappa shape index (κ3) is 5.73. The van der Waals surface area contributed by atoms with Gasteiger partial charge in [0.25, 0.3) is 0 Å². The lowest BCUT2D eigenvalue weighted by molar-refractivity contribution is -0.131. The molecule has 1 saturated carbocycles. The van der Waals surface area contributed by atoms with Crippen LogP contribution in [-0.2, 0) is 20.6 Å². The number of esters is 1. The Morgan fingerprint density at radius 2 is 1.94 bits per heavy atom. The summed E-state index contributed by atoms with van der Waals surface area (Å²) in [5.74, 6) is 0.794. The van der Waals surface area contributed by atoms with Gasteiger partial charge in [-0.15, -0.1) is 0 Å². The Balaban J connectivity index is 1.68. The molecule has 0 spiro atoms. The van der Waals surface area contributed by atoms with Crippen LogP contribution in [0.4, 0.5) is 0 Å². The van der Waals surface area contributed by atoms with Gasteiger partial charge in [0.05, 0.1) is 15.9 Å². The van der Waals surface area contributed by atoms with Crippen molar-refractivity contribution in [2.75, 3.05) is 13.6 Å². The highest BCUT2D eigenvalue weighted by molar-refractivity contribution is 7.98. The van der Waals surface area contributed by atoms with Crippen LogP contribution in [0.1, 0.15) is 64.0 Å². The van der Waals surface area contributed by atoms with Crippen LogP contribution in [0.5, 0.6) is 5.75 Å². The lowest BCUT2D eigenvalue weighted by Crippen LogP contribution is -2.27. The minimum atomic E-state index is -3.57.